The van der Waals surface area contributed by atoms with Gasteiger partial charge in [0, 0.05) is 36.8 Å². The van der Waals surface area contributed by atoms with E-state index < -0.39 is 0 Å². The maximum atomic E-state index is 12.3. The zero-order valence-electron chi connectivity index (χ0n) is 11.9. The Kier molecular flexibility index (Phi) is 3.85. The van der Waals surface area contributed by atoms with E-state index >= 15 is 0 Å². The Bertz CT molecular complexity index is 588. The number of benzene rings is 1. The number of fused-ring (bicyclic) bond motifs is 1. The van der Waals surface area contributed by atoms with Crippen molar-refractivity contribution in [3.05, 3.63) is 29.5 Å². The van der Waals surface area contributed by atoms with Gasteiger partial charge in [-0.25, -0.2) is 0 Å². The van der Waals surface area contributed by atoms with E-state index in [1.165, 1.54) is 0 Å². The van der Waals surface area contributed by atoms with E-state index in [4.69, 9.17) is 0 Å². The molecule has 1 aromatic carbocycles. The van der Waals surface area contributed by atoms with E-state index in [9.17, 15) is 4.79 Å². The fraction of sp³-hybridized carbons (Fsp3) is 0.429. The summed E-state index contributed by atoms with van der Waals surface area (Å²) in [6.07, 6.45) is 0. The van der Waals surface area contributed by atoms with Gasteiger partial charge in [0.25, 0.3) is 5.91 Å². The normalized spacial score (nSPS) is 11.2. The summed E-state index contributed by atoms with van der Waals surface area (Å²) in [5.41, 5.74) is 2.59. The minimum absolute atomic E-state index is 0.0457. The van der Waals surface area contributed by atoms with Crippen LogP contribution in [-0.2, 0) is 0 Å². The zero-order valence-corrected chi connectivity index (χ0v) is 11.9. The predicted molar refractivity (Wildman–Crippen MR) is 76.3 cm³/mol. The summed E-state index contributed by atoms with van der Waals surface area (Å²) in [6, 6.07) is 5.62. The Labute approximate surface area is 113 Å². The van der Waals surface area contributed by atoms with Crippen LogP contribution in [0.4, 0.5) is 0 Å². The van der Waals surface area contributed by atoms with Crippen LogP contribution in [0.1, 0.15) is 16.1 Å². The van der Waals surface area contributed by atoms with Gasteiger partial charge in [-0.2, -0.15) is 5.10 Å². The summed E-state index contributed by atoms with van der Waals surface area (Å²) in [6.45, 7) is 3.53. The van der Waals surface area contributed by atoms with Gasteiger partial charge >= 0.3 is 0 Å². The molecule has 0 bridgehead atoms. The van der Waals surface area contributed by atoms with Crippen molar-refractivity contribution in [2.45, 2.75) is 6.92 Å². The largest absolute Gasteiger partial charge is 0.340 e. The molecule has 2 rings (SSSR count). The van der Waals surface area contributed by atoms with Gasteiger partial charge in [-0.1, -0.05) is 0 Å². The van der Waals surface area contributed by atoms with Crippen LogP contribution in [0.2, 0.25) is 0 Å². The summed E-state index contributed by atoms with van der Waals surface area (Å²) < 4.78 is 0. The second kappa shape index (κ2) is 5.40. The Morgan fingerprint density at radius 1 is 1.26 bits per heavy atom. The Morgan fingerprint density at radius 2 is 2.00 bits per heavy atom. The van der Waals surface area contributed by atoms with Gasteiger partial charge in [0.15, 0.2) is 0 Å². The summed E-state index contributed by atoms with van der Waals surface area (Å²) in [5, 5.41) is 8.10. The SMILES string of the molecule is Cc1[nH]nc2ccc(C(=O)N(C)CCN(C)C)cc12. The number of hydrogen-bond acceptors (Lipinski definition) is 3. The summed E-state index contributed by atoms with van der Waals surface area (Å²) in [4.78, 5) is 16.1. The predicted octanol–water partition coefficient (Wildman–Crippen LogP) is 1.50. The third kappa shape index (κ3) is 2.93. The molecule has 1 heterocycles. The van der Waals surface area contributed by atoms with Crippen molar-refractivity contribution in [3.63, 3.8) is 0 Å². The number of aryl methyl sites for hydroxylation is 1. The molecule has 2 aromatic rings. The van der Waals surface area contributed by atoms with E-state index in [0.29, 0.717) is 12.1 Å². The molecule has 19 heavy (non-hydrogen) atoms. The van der Waals surface area contributed by atoms with Gasteiger partial charge in [0.1, 0.15) is 0 Å². The van der Waals surface area contributed by atoms with Crippen LogP contribution >= 0.6 is 0 Å². The molecular weight excluding hydrogens is 240 g/mol. The number of carbonyl (C=O) groups excluding carboxylic acids is 1. The molecule has 5 heteroatoms. The molecule has 0 radical (unpaired) electrons. The smallest absolute Gasteiger partial charge is 0.253 e. The summed E-state index contributed by atoms with van der Waals surface area (Å²) in [7, 11) is 5.83. The molecule has 0 aliphatic heterocycles. The van der Waals surface area contributed by atoms with Crippen LogP contribution in [0.15, 0.2) is 18.2 Å². The topological polar surface area (TPSA) is 52.2 Å². The van der Waals surface area contributed by atoms with Crippen molar-refractivity contribution in [3.8, 4) is 0 Å². The molecule has 0 spiro atoms. The third-order valence-electron chi connectivity index (χ3n) is 3.22. The Hall–Kier alpha value is -1.88. The number of H-pyrrole nitrogens is 1. The first-order chi connectivity index (χ1) is 8.99. The van der Waals surface area contributed by atoms with E-state index in [0.717, 1.165) is 23.1 Å². The number of likely N-dealkylation sites (N-methyl/N-ethyl adjacent to an activating group) is 2. The molecule has 0 unspecified atom stereocenters. The van der Waals surface area contributed by atoms with Crippen molar-refractivity contribution in [1.82, 2.24) is 20.0 Å². The lowest BCUT2D eigenvalue weighted by Crippen LogP contribution is -2.33. The number of hydrogen-bond donors (Lipinski definition) is 1. The quantitative estimate of drug-likeness (QED) is 0.906. The van der Waals surface area contributed by atoms with Gasteiger partial charge in [-0.3, -0.25) is 9.89 Å². The highest BCUT2D eigenvalue weighted by Gasteiger charge is 2.13. The van der Waals surface area contributed by atoms with E-state index in [2.05, 4.69) is 15.1 Å². The average Bonchev–Trinajstić information content (AvgIpc) is 2.76. The Morgan fingerprint density at radius 3 is 2.68 bits per heavy atom. The highest BCUT2D eigenvalue weighted by Crippen LogP contribution is 2.17. The van der Waals surface area contributed by atoms with Gasteiger partial charge in [0.2, 0.25) is 0 Å². The van der Waals surface area contributed by atoms with Gasteiger partial charge in [0.05, 0.1) is 5.52 Å². The van der Waals surface area contributed by atoms with Crippen LogP contribution in [-0.4, -0.2) is 60.1 Å². The van der Waals surface area contributed by atoms with Crippen LogP contribution in [0, 0.1) is 6.92 Å². The lowest BCUT2D eigenvalue weighted by molar-refractivity contribution is 0.0786. The monoisotopic (exact) mass is 260 g/mol. The molecule has 0 saturated carbocycles. The molecule has 102 valence electrons. The van der Waals surface area contributed by atoms with Crippen molar-refractivity contribution in [2.75, 3.05) is 34.2 Å². The van der Waals surface area contributed by atoms with Crippen LogP contribution in [0.3, 0.4) is 0 Å². The van der Waals surface area contributed by atoms with Crippen LogP contribution in [0.25, 0.3) is 10.9 Å². The second-order valence-corrected chi connectivity index (χ2v) is 5.11. The Balaban J connectivity index is 2.18. The number of nitrogens with one attached hydrogen (secondary N) is 1. The van der Waals surface area contributed by atoms with Crippen LogP contribution < -0.4 is 0 Å². The first-order valence-electron chi connectivity index (χ1n) is 6.34. The number of aromatic amines is 1. The molecule has 1 amide bonds. The third-order valence-corrected chi connectivity index (χ3v) is 3.22. The zero-order chi connectivity index (χ0) is 14.0. The fourth-order valence-corrected chi connectivity index (χ4v) is 1.94. The van der Waals surface area contributed by atoms with Crippen molar-refractivity contribution >= 4 is 16.8 Å². The standard InChI is InChI=1S/C14H20N4O/c1-10-12-9-11(5-6-13(12)16-15-10)14(19)18(4)8-7-17(2)3/h5-6,9H,7-8H2,1-4H3,(H,15,16). The van der Waals surface area contributed by atoms with Gasteiger partial charge < -0.3 is 9.80 Å². The van der Waals surface area contributed by atoms with E-state index in [1.807, 2.05) is 46.3 Å². The van der Waals surface area contributed by atoms with Crippen LogP contribution in [0.5, 0.6) is 0 Å². The minimum atomic E-state index is 0.0457. The highest BCUT2D eigenvalue weighted by molar-refractivity contribution is 5.98. The number of carbonyl (C=O) groups is 1. The fourth-order valence-electron chi connectivity index (χ4n) is 1.94. The summed E-state index contributed by atoms with van der Waals surface area (Å²) >= 11 is 0. The summed E-state index contributed by atoms with van der Waals surface area (Å²) in [5.74, 6) is 0.0457. The number of rotatable bonds is 4. The molecule has 0 atom stereocenters. The number of nitrogens with zero attached hydrogens (tertiary/aromatic N) is 3. The molecule has 1 N–H and O–H groups in total. The van der Waals surface area contributed by atoms with E-state index in [1.54, 1.807) is 4.90 Å². The van der Waals surface area contributed by atoms with Crippen molar-refractivity contribution in [2.24, 2.45) is 0 Å². The molecule has 0 saturated heterocycles. The lowest BCUT2D eigenvalue weighted by Gasteiger charge is -2.19. The van der Waals surface area contributed by atoms with Gasteiger partial charge in [-0.05, 0) is 39.2 Å². The molecule has 5 nitrogen and oxygen atoms in total. The molecular formula is C14H20N4O. The maximum absolute atomic E-state index is 12.3. The molecule has 0 aliphatic carbocycles. The number of aromatic nitrogens is 2. The lowest BCUT2D eigenvalue weighted by atomic mass is 10.1. The molecule has 1 aromatic heterocycles. The van der Waals surface area contributed by atoms with Gasteiger partial charge in [-0.15, -0.1) is 0 Å². The average molecular weight is 260 g/mol. The molecule has 0 aliphatic rings. The highest BCUT2D eigenvalue weighted by atomic mass is 16.2. The molecule has 0 fully saturated rings. The first-order valence-corrected chi connectivity index (χ1v) is 6.34. The first kappa shape index (κ1) is 13.5. The van der Waals surface area contributed by atoms with Crippen molar-refractivity contribution < 1.29 is 4.79 Å². The van der Waals surface area contributed by atoms with E-state index in [-0.39, 0.29) is 5.91 Å². The number of amides is 1. The maximum Gasteiger partial charge on any atom is 0.253 e. The van der Waals surface area contributed by atoms with Crippen molar-refractivity contribution in [1.29, 1.82) is 0 Å². The second-order valence-electron chi connectivity index (χ2n) is 5.11. The minimum Gasteiger partial charge on any atom is -0.340 e.